The van der Waals surface area contributed by atoms with Crippen LogP contribution in [-0.4, -0.2) is 13.2 Å². The van der Waals surface area contributed by atoms with Gasteiger partial charge in [0.1, 0.15) is 0 Å². The highest BCUT2D eigenvalue weighted by Crippen LogP contribution is 2.23. The van der Waals surface area contributed by atoms with Gasteiger partial charge in [0.15, 0.2) is 0 Å². The largest absolute Gasteiger partial charge is 0.453 e. The third kappa shape index (κ3) is 2.20. The third-order valence-electron chi connectivity index (χ3n) is 1.45. The van der Waals surface area contributed by atoms with E-state index in [4.69, 9.17) is 6.57 Å². The first kappa shape index (κ1) is 9.07. The van der Waals surface area contributed by atoms with E-state index in [9.17, 15) is 4.79 Å². The fourth-order valence-corrected chi connectivity index (χ4v) is 0.838. The molecule has 1 rings (SSSR count). The molecular formula is C9H8N2O2. The number of hydrogen-bond donors (Lipinski definition) is 1. The van der Waals surface area contributed by atoms with Gasteiger partial charge in [-0.15, -0.1) is 0 Å². The number of amides is 1. The van der Waals surface area contributed by atoms with Crippen LogP contribution in [0.1, 0.15) is 0 Å². The van der Waals surface area contributed by atoms with Gasteiger partial charge in [-0.3, -0.25) is 0 Å². The number of methoxy groups -OCH3 is 1. The Labute approximate surface area is 76.0 Å². The van der Waals surface area contributed by atoms with Crippen molar-refractivity contribution in [1.82, 2.24) is 0 Å². The van der Waals surface area contributed by atoms with Crippen LogP contribution >= 0.6 is 0 Å². The Morgan fingerprint density at radius 1 is 1.54 bits per heavy atom. The van der Waals surface area contributed by atoms with Crippen LogP contribution in [0.5, 0.6) is 0 Å². The molecule has 0 atom stereocenters. The van der Waals surface area contributed by atoms with Gasteiger partial charge in [0.2, 0.25) is 5.69 Å². The maximum Gasteiger partial charge on any atom is 0.410 e. The summed E-state index contributed by atoms with van der Waals surface area (Å²) in [4.78, 5) is 14.1. The van der Waals surface area contributed by atoms with E-state index in [1.54, 1.807) is 24.3 Å². The van der Waals surface area contributed by atoms with Crippen LogP contribution in [0.4, 0.5) is 16.2 Å². The molecule has 13 heavy (non-hydrogen) atoms. The number of carbonyl (C=O) groups excluding carboxylic acids is 1. The van der Waals surface area contributed by atoms with E-state index < -0.39 is 6.09 Å². The van der Waals surface area contributed by atoms with Crippen molar-refractivity contribution < 1.29 is 9.53 Å². The standard InChI is InChI=1S/C9H8N2O2/c1-10-7-5-3-4-6-8(7)11-9(12)13-2/h3-6H,2H3,(H,11,12). The van der Waals surface area contributed by atoms with E-state index in [-0.39, 0.29) is 0 Å². The van der Waals surface area contributed by atoms with Crippen molar-refractivity contribution >= 4 is 17.5 Å². The van der Waals surface area contributed by atoms with Crippen molar-refractivity contribution in [3.63, 3.8) is 0 Å². The van der Waals surface area contributed by atoms with Gasteiger partial charge in [-0.05, 0) is 6.07 Å². The van der Waals surface area contributed by atoms with Crippen molar-refractivity contribution in [2.45, 2.75) is 0 Å². The van der Waals surface area contributed by atoms with Crippen LogP contribution < -0.4 is 5.32 Å². The fourth-order valence-electron chi connectivity index (χ4n) is 0.838. The number of nitrogens with one attached hydrogen (secondary N) is 1. The summed E-state index contributed by atoms with van der Waals surface area (Å²) < 4.78 is 4.40. The van der Waals surface area contributed by atoms with Crippen LogP contribution in [0.15, 0.2) is 24.3 Å². The minimum Gasteiger partial charge on any atom is -0.453 e. The van der Waals surface area contributed by atoms with Crippen LogP contribution in [0.3, 0.4) is 0 Å². The quantitative estimate of drug-likeness (QED) is 0.667. The molecule has 0 saturated carbocycles. The molecule has 0 aliphatic rings. The van der Waals surface area contributed by atoms with Crippen molar-refractivity contribution in [3.05, 3.63) is 35.7 Å². The van der Waals surface area contributed by atoms with Gasteiger partial charge >= 0.3 is 6.09 Å². The SMILES string of the molecule is [C-]#[N+]c1ccccc1NC(=O)OC. The Kier molecular flexibility index (Phi) is 2.87. The molecule has 1 amide bonds. The number of ether oxygens (including phenoxy) is 1. The van der Waals surface area contributed by atoms with E-state index in [1.807, 2.05) is 0 Å². The Morgan fingerprint density at radius 3 is 2.85 bits per heavy atom. The number of benzene rings is 1. The molecule has 0 radical (unpaired) electrons. The Balaban J connectivity index is 2.89. The van der Waals surface area contributed by atoms with Crippen molar-refractivity contribution in [1.29, 1.82) is 0 Å². The molecule has 1 aromatic rings. The maximum absolute atomic E-state index is 10.8. The summed E-state index contributed by atoms with van der Waals surface area (Å²) in [6.45, 7) is 6.82. The fraction of sp³-hybridized carbons (Fsp3) is 0.111. The monoisotopic (exact) mass is 176 g/mol. The lowest BCUT2D eigenvalue weighted by Crippen LogP contribution is -2.10. The molecule has 0 heterocycles. The molecule has 0 saturated heterocycles. The first-order valence-corrected chi connectivity index (χ1v) is 3.59. The molecule has 0 fully saturated rings. The highest BCUT2D eigenvalue weighted by atomic mass is 16.5. The van der Waals surface area contributed by atoms with Crippen molar-refractivity contribution in [2.24, 2.45) is 0 Å². The molecule has 0 aliphatic heterocycles. The zero-order chi connectivity index (χ0) is 9.68. The first-order chi connectivity index (χ1) is 6.27. The average molecular weight is 176 g/mol. The van der Waals surface area contributed by atoms with Crippen molar-refractivity contribution in [2.75, 3.05) is 12.4 Å². The second kappa shape index (κ2) is 4.12. The second-order valence-electron chi connectivity index (χ2n) is 2.25. The summed E-state index contributed by atoms with van der Waals surface area (Å²) in [6, 6.07) is 6.73. The maximum atomic E-state index is 10.8. The number of anilines is 1. The minimum atomic E-state index is -0.573. The molecule has 0 unspecified atom stereocenters. The van der Waals surface area contributed by atoms with E-state index in [0.29, 0.717) is 11.4 Å². The van der Waals surface area contributed by atoms with Crippen LogP contribution in [-0.2, 0) is 4.74 Å². The summed E-state index contributed by atoms with van der Waals surface area (Å²) in [5, 5.41) is 2.44. The summed E-state index contributed by atoms with van der Waals surface area (Å²) in [6.07, 6.45) is -0.573. The number of rotatable bonds is 1. The van der Waals surface area contributed by atoms with E-state index in [2.05, 4.69) is 14.9 Å². The Bertz CT molecular complexity index is 355. The third-order valence-corrected chi connectivity index (χ3v) is 1.45. The van der Waals surface area contributed by atoms with Gasteiger partial charge < -0.3 is 10.1 Å². The van der Waals surface area contributed by atoms with Crippen LogP contribution in [0.25, 0.3) is 4.85 Å². The lowest BCUT2D eigenvalue weighted by Gasteiger charge is -2.04. The smallest absolute Gasteiger partial charge is 0.410 e. The van der Waals surface area contributed by atoms with Gasteiger partial charge in [-0.2, -0.15) is 0 Å². The average Bonchev–Trinajstić information content (AvgIpc) is 2.18. The van der Waals surface area contributed by atoms with Crippen molar-refractivity contribution in [3.8, 4) is 0 Å². The van der Waals surface area contributed by atoms with Gasteiger partial charge in [0.25, 0.3) is 0 Å². The molecule has 0 aromatic heterocycles. The highest BCUT2D eigenvalue weighted by molar-refractivity contribution is 5.89. The molecule has 0 bridgehead atoms. The number of para-hydroxylation sites is 2. The Hall–Kier alpha value is -2.02. The lowest BCUT2D eigenvalue weighted by molar-refractivity contribution is 0.187. The topological polar surface area (TPSA) is 42.7 Å². The molecule has 66 valence electrons. The van der Waals surface area contributed by atoms with Gasteiger partial charge in [0, 0.05) is 5.69 Å². The molecule has 0 aliphatic carbocycles. The first-order valence-electron chi connectivity index (χ1n) is 3.59. The van der Waals surface area contributed by atoms with Gasteiger partial charge in [0.05, 0.1) is 13.7 Å². The van der Waals surface area contributed by atoms with Crippen LogP contribution in [0, 0.1) is 6.57 Å². The van der Waals surface area contributed by atoms with Gasteiger partial charge in [-0.1, -0.05) is 18.2 Å². The Morgan fingerprint density at radius 2 is 2.23 bits per heavy atom. The summed E-state index contributed by atoms with van der Waals surface area (Å²) in [5.41, 5.74) is 0.859. The zero-order valence-corrected chi connectivity index (χ0v) is 7.07. The molecule has 1 N–H and O–H groups in total. The van der Waals surface area contributed by atoms with Gasteiger partial charge in [-0.25, -0.2) is 9.64 Å². The molecular weight excluding hydrogens is 168 g/mol. The molecule has 4 nitrogen and oxygen atoms in total. The minimum absolute atomic E-state index is 0.396. The highest BCUT2D eigenvalue weighted by Gasteiger charge is 2.04. The van der Waals surface area contributed by atoms with E-state index in [0.717, 1.165) is 0 Å². The number of nitrogens with zero attached hydrogens (tertiary/aromatic N) is 1. The predicted molar refractivity (Wildman–Crippen MR) is 48.7 cm³/mol. The van der Waals surface area contributed by atoms with Crippen LogP contribution in [0.2, 0.25) is 0 Å². The lowest BCUT2D eigenvalue weighted by atomic mass is 10.3. The normalized spacial score (nSPS) is 8.62. The summed E-state index contributed by atoms with van der Waals surface area (Å²) >= 11 is 0. The molecule has 4 heteroatoms. The summed E-state index contributed by atoms with van der Waals surface area (Å²) in [7, 11) is 1.27. The summed E-state index contributed by atoms with van der Waals surface area (Å²) in [5.74, 6) is 0. The molecule has 0 spiro atoms. The zero-order valence-electron chi connectivity index (χ0n) is 7.07. The number of hydrogen-bond acceptors (Lipinski definition) is 2. The van der Waals surface area contributed by atoms with E-state index in [1.165, 1.54) is 7.11 Å². The second-order valence-corrected chi connectivity index (χ2v) is 2.25. The molecule has 1 aromatic carbocycles. The predicted octanol–water partition coefficient (Wildman–Crippen LogP) is 2.42. The number of carbonyl (C=O) groups is 1. The van der Waals surface area contributed by atoms with E-state index >= 15 is 0 Å².